The van der Waals surface area contributed by atoms with Crippen LogP contribution in [0.2, 0.25) is 0 Å². The Labute approximate surface area is 120 Å². The molecule has 2 heteroatoms. The summed E-state index contributed by atoms with van der Waals surface area (Å²) in [6, 6.07) is 0. The summed E-state index contributed by atoms with van der Waals surface area (Å²) in [6.07, 6.45) is 14.5. The molecule has 1 unspecified atom stereocenters. The second kappa shape index (κ2) is 11.5. The van der Waals surface area contributed by atoms with Gasteiger partial charge in [-0.3, -0.25) is 4.79 Å². The molecule has 1 atom stereocenters. The van der Waals surface area contributed by atoms with Crippen molar-refractivity contribution in [3.63, 3.8) is 0 Å². The Hall–Kier alpha value is -0.370. The van der Waals surface area contributed by atoms with Crippen LogP contribution < -0.4 is 5.73 Å². The normalized spacial score (nSPS) is 14.3. The lowest BCUT2D eigenvalue weighted by Crippen LogP contribution is -2.44. The Morgan fingerprint density at radius 3 is 1.68 bits per heavy atom. The van der Waals surface area contributed by atoms with Crippen LogP contribution in [0.4, 0.5) is 0 Å². The number of nitrogens with two attached hydrogens (primary N) is 1. The van der Waals surface area contributed by atoms with E-state index in [0.29, 0.717) is 6.42 Å². The number of hydrogen-bond donors (Lipinski definition) is 1. The van der Waals surface area contributed by atoms with Gasteiger partial charge in [-0.15, -0.1) is 0 Å². The molecule has 0 aliphatic rings. The molecular weight excluding hydrogens is 234 g/mol. The fourth-order valence-electron chi connectivity index (χ4n) is 2.26. The first-order valence-corrected chi connectivity index (χ1v) is 8.36. The zero-order chi connectivity index (χ0) is 14.6. The van der Waals surface area contributed by atoms with Crippen molar-refractivity contribution in [1.82, 2.24) is 0 Å². The largest absolute Gasteiger partial charge is 0.319 e. The Kier molecular flexibility index (Phi) is 11.2. The monoisotopic (exact) mass is 269 g/mol. The van der Waals surface area contributed by atoms with Gasteiger partial charge in [0.2, 0.25) is 0 Å². The van der Waals surface area contributed by atoms with E-state index in [1.54, 1.807) is 0 Å². The van der Waals surface area contributed by atoms with Crippen molar-refractivity contribution in [2.24, 2.45) is 5.73 Å². The van der Waals surface area contributed by atoms with E-state index in [2.05, 4.69) is 6.92 Å². The highest BCUT2D eigenvalue weighted by Crippen LogP contribution is 2.14. The number of hydrogen-bond acceptors (Lipinski definition) is 2. The van der Waals surface area contributed by atoms with Crippen LogP contribution in [0, 0.1) is 0 Å². The number of carbonyl (C=O) groups is 1. The molecule has 0 saturated heterocycles. The van der Waals surface area contributed by atoms with E-state index in [1.807, 2.05) is 13.8 Å². The standard InChI is InChI=1S/C17H35NO/c1-4-6-7-8-9-10-11-12-13-14-15-16(19)17(3,18)5-2/h4-15,18H2,1-3H3. The smallest absolute Gasteiger partial charge is 0.152 e. The zero-order valence-electron chi connectivity index (χ0n) is 13.5. The molecule has 0 aliphatic carbocycles. The summed E-state index contributed by atoms with van der Waals surface area (Å²) < 4.78 is 0. The van der Waals surface area contributed by atoms with E-state index >= 15 is 0 Å². The van der Waals surface area contributed by atoms with E-state index in [1.165, 1.54) is 57.8 Å². The summed E-state index contributed by atoms with van der Waals surface area (Å²) in [4.78, 5) is 11.8. The van der Waals surface area contributed by atoms with Gasteiger partial charge in [-0.25, -0.2) is 0 Å². The second-order valence-corrected chi connectivity index (χ2v) is 6.13. The van der Waals surface area contributed by atoms with Crippen LogP contribution in [0.5, 0.6) is 0 Å². The van der Waals surface area contributed by atoms with Crippen LogP contribution in [-0.2, 0) is 4.79 Å². The SMILES string of the molecule is CCCCCCCCCCCCC(=O)C(C)(N)CC. The Bertz CT molecular complexity index is 223. The first kappa shape index (κ1) is 18.6. The summed E-state index contributed by atoms with van der Waals surface area (Å²) in [6.45, 7) is 6.09. The van der Waals surface area contributed by atoms with Crippen LogP contribution >= 0.6 is 0 Å². The van der Waals surface area contributed by atoms with Crippen molar-refractivity contribution in [2.75, 3.05) is 0 Å². The minimum atomic E-state index is -0.598. The Morgan fingerprint density at radius 2 is 1.26 bits per heavy atom. The lowest BCUT2D eigenvalue weighted by Gasteiger charge is -2.20. The first-order chi connectivity index (χ1) is 9.04. The highest BCUT2D eigenvalue weighted by Gasteiger charge is 2.24. The van der Waals surface area contributed by atoms with Crippen molar-refractivity contribution in [2.45, 2.75) is 103 Å². The fraction of sp³-hybridized carbons (Fsp3) is 0.941. The van der Waals surface area contributed by atoms with Crippen LogP contribution in [0.1, 0.15) is 97.8 Å². The van der Waals surface area contributed by atoms with Gasteiger partial charge in [0.1, 0.15) is 0 Å². The molecule has 0 bridgehead atoms. The average molecular weight is 269 g/mol. The van der Waals surface area contributed by atoms with Crippen molar-refractivity contribution in [3.8, 4) is 0 Å². The molecule has 2 N–H and O–H groups in total. The van der Waals surface area contributed by atoms with Crippen LogP contribution in [0.3, 0.4) is 0 Å². The molecule has 0 fully saturated rings. The zero-order valence-corrected chi connectivity index (χ0v) is 13.5. The average Bonchev–Trinajstić information content (AvgIpc) is 2.40. The van der Waals surface area contributed by atoms with Gasteiger partial charge in [-0.05, 0) is 19.8 Å². The van der Waals surface area contributed by atoms with Gasteiger partial charge in [0.25, 0.3) is 0 Å². The van der Waals surface area contributed by atoms with E-state index in [9.17, 15) is 4.79 Å². The number of unbranched alkanes of at least 4 members (excludes halogenated alkanes) is 9. The number of Topliss-reactive ketones (excluding diaryl/α,β-unsaturated/α-hetero) is 1. The van der Waals surface area contributed by atoms with Crippen molar-refractivity contribution >= 4 is 5.78 Å². The first-order valence-electron chi connectivity index (χ1n) is 8.36. The van der Waals surface area contributed by atoms with Gasteiger partial charge in [0.15, 0.2) is 5.78 Å². The van der Waals surface area contributed by atoms with Crippen molar-refractivity contribution < 1.29 is 4.79 Å². The molecule has 0 rings (SSSR count). The van der Waals surface area contributed by atoms with Gasteiger partial charge >= 0.3 is 0 Å². The van der Waals surface area contributed by atoms with Crippen molar-refractivity contribution in [1.29, 1.82) is 0 Å². The molecule has 0 heterocycles. The molecule has 19 heavy (non-hydrogen) atoms. The molecular formula is C17H35NO. The van der Waals surface area contributed by atoms with E-state index < -0.39 is 5.54 Å². The number of rotatable bonds is 13. The Balaban J connectivity index is 3.30. The van der Waals surface area contributed by atoms with E-state index in [0.717, 1.165) is 12.8 Å². The minimum absolute atomic E-state index is 0.231. The second-order valence-electron chi connectivity index (χ2n) is 6.13. The molecule has 0 aromatic carbocycles. The molecule has 0 aliphatic heterocycles. The topological polar surface area (TPSA) is 43.1 Å². The molecule has 0 spiro atoms. The van der Waals surface area contributed by atoms with Gasteiger partial charge in [-0.2, -0.15) is 0 Å². The molecule has 0 aromatic rings. The molecule has 0 saturated carbocycles. The van der Waals surface area contributed by atoms with Crippen LogP contribution in [0.25, 0.3) is 0 Å². The highest BCUT2D eigenvalue weighted by molar-refractivity contribution is 5.87. The third-order valence-corrected chi connectivity index (χ3v) is 4.13. The van der Waals surface area contributed by atoms with Crippen molar-refractivity contribution in [3.05, 3.63) is 0 Å². The van der Waals surface area contributed by atoms with E-state index in [4.69, 9.17) is 5.73 Å². The predicted octanol–water partition coefficient (Wildman–Crippen LogP) is 4.99. The lowest BCUT2D eigenvalue weighted by atomic mass is 9.91. The van der Waals surface area contributed by atoms with Gasteiger partial charge in [0.05, 0.1) is 5.54 Å². The molecule has 0 radical (unpaired) electrons. The minimum Gasteiger partial charge on any atom is -0.319 e. The maximum absolute atomic E-state index is 11.8. The fourth-order valence-corrected chi connectivity index (χ4v) is 2.26. The van der Waals surface area contributed by atoms with Gasteiger partial charge in [0, 0.05) is 6.42 Å². The molecule has 2 nitrogen and oxygen atoms in total. The molecule has 0 amide bonds. The molecule has 0 aromatic heterocycles. The highest BCUT2D eigenvalue weighted by atomic mass is 16.1. The third-order valence-electron chi connectivity index (χ3n) is 4.13. The predicted molar refractivity (Wildman–Crippen MR) is 84.4 cm³/mol. The maximum Gasteiger partial charge on any atom is 0.152 e. The quantitative estimate of drug-likeness (QED) is 0.478. The maximum atomic E-state index is 11.8. The number of carbonyl (C=O) groups excluding carboxylic acids is 1. The third kappa shape index (κ3) is 10.1. The summed E-state index contributed by atoms with van der Waals surface area (Å²) in [5.41, 5.74) is 5.33. The molecule has 114 valence electrons. The summed E-state index contributed by atoms with van der Waals surface area (Å²) in [5.74, 6) is 0.231. The van der Waals surface area contributed by atoms with Gasteiger partial charge < -0.3 is 5.73 Å². The number of ketones is 1. The summed E-state index contributed by atoms with van der Waals surface area (Å²) >= 11 is 0. The van der Waals surface area contributed by atoms with E-state index in [-0.39, 0.29) is 5.78 Å². The summed E-state index contributed by atoms with van der Waals surface area (Å²) in [5, 5.41) is 0. The van der Waals surface area contributed by atoms with Crippen LogP contribution in [-0.4, -0.2) is 11.3 Å². The summed E-state index contributed by atoms with van der Waals surface area (Å²) in [7, 11) is 0. The van der Waals surface area contributed by atoms with Gasteiger partial charge in [-0.1, -0.05) is 71.6 Å². The lowest BCUT2D eigenvalue weighted by molar-refractivity contribution is -0.123. The van der Waals surface area contributed by atoms with Crippen LogP contribution in [0.15, 0.2) is 0 Å². The Morgan fingerprint density at radius 1 is 0.842 bits per heavy atom.